The highest BCUT2D eigenvalue weighted by Gasteiger charge is 2.13. The smallest absolute Gasteiger partial charge is 0.258 e. The van der Waals surface area contributed by atoms with Crippen molar-refractivity contribution in [3.05, 3.63) is 59.4 Å². The highest BCUT2D eigenvalue weighted by Crippen LogP contribution is 2.19. The lowest BCUT2D eigenvalue weighted by atomic mass is 10.1. The van der Waals surface area contributed by atoms with Gasteiger partial charge < -0.3 is 15.7 Å². The SMILES string of the molecule is CNC(C)c1cccc(NC(=O)c2ccc(O)cc2F)c1. The first kappa shape index (κ1) is 15.0. The minimum absolute atomic E-state index is 0.111. The van der Waals surface area contributed by atoms with E-state index >= 15 is 0 Å². The molecule has 0 aliphatic rings. The molecule has 0 aliphatic carbocycles. The van der Waals surface area contributed by atoms with Crippen LogP contribution in [0.25, 0.3) is 0 Å². The molecule has 1 atom stereocenters. The second-order valence-electron chi connectivity index (χ2n) is 4.75. The minimum atomic E-state index is -0.757. The van der Waals surface area contributed by atoms with Gasteiger partial charge in [-0.05, 0) is 43.8 Å². The quantitative estimate of drug-likeness (QED) is 0.810. The van der Waals surface area contributed by atoms with Crippen LogP contribution < -0.4 is 10.6 Å². The van der Waals surface area contributed by atoms with Crippen molar-refractivity contribution in [2.45, 2.75) is 13.0 Å². The van der Waals surface area contributed by atoms with E-state index in [1.54, 1.807) is 6.07 Å². The molecule has 0 bridgehead atoms. The Morgan fingerprint density at radius 1 is 1.24 bits per heavy atom. The van der Waals surface area contributed by atoms with Crippen LogP contribution in [0, 0.1) is 5.82 Å². The van der Waals surface area contributed by atoms with Gasteiger partial charge in [-0.1, -0.05) is 12.1 Å². The Morgan fingerprint density at radius 3 is 2.67 bits per heavy atom. The van der Waals surface area contributed by atoms with Crippen LogP contribution in [-0.2, 0) is 0 Å². The maximum Gasteiger partial charge on any atom is 0.258 e. The van der Waals surface area contributed by atoms with E-state index in [0.717, 1.165) is 11.6 Å². The largest absolute Gasteiger partial charge is 0.508 e. The second-order valence-corrected chi connectivity index (χ2v) is 4.75. The molecular formula is C16H17FN2O2. The molecule has 0 saturated carbocycles. The van der Waals surface area contributed by atoms with Crippen molar-refractivity contribution in [3.63, 3.8) is 0 Å². The average Bonchev–Trinajstić information content (AvgIpc) is 2.46. The predicted molar refractivity (Wildman–Crippen MR) is 79.9 cm³/mol. The zero-order valence-corrected chi connectivity index (χ0v) is 11.9. The first-order valence-corrected chi connectivity index (χ1v) is 6.58. The second kappa shape index (κ2) is 6.37. The van der Waals surface area contributed by atoms with Crippen LogP contribution in [0.15, 0.2) is 42.5 Å². The van der Waals surface area contributed by atoms with E-state index < -0.39 is 11.7 Å². The molecular weight excluding hydrogens is 271 g/mol. The van der Waals surface area contributed by atoms with Gasteiger partial charge in [-0.3, -0.25) is 4.79 Å². The molecule has 21 heavy (non-hydrogen) atoms. The molecule has 2 aromatic carbocycles. The molecule has 0 saturated heterocycles. The molecule has 1 unspecified atom stereocenters. The minimum Gasteiger partial charge on any atom is -0.508 e. The van der Waals surface area contributed by atoms with Crippen LogP contribution in [0.5, 0.6) is 5.75 Å². The average molecular weight is 288 g/mol. The summed E-state index contributed by atoms with van der Waals surface area (Å²) in [5.74, 6) is -1.53. The molecule has 110 valence electrons. The number of phenolic OH excluding ortho intramolecular Hbond substituents is 1. The number of carbonyl (C=O) groups is 1. The lowest BCUT2D eigenvalue weighted by Crippen LogP contribution is -2.15. The van der Waals surface area contributed by atoms with Crippen LogP contribution in [0.4, 0.5) is 10.1 Å². The summed E-state index contributed by atoms with van der Waals surface area (Å²) in [7, 11) is 1.85. The standard InChI is InChI=1S/C16H17FN2O2/c1-10(18-2)11-4-3-5-12(8-11)19-16(21)14-7-6-13(20)9-15(14)17/h3-10,18,20H,1-2H3,(H,19,21). The summed E-state index contributed by atoms with van der Waals surface area (Å²) in [5.41, 5.74) is 1.49. The Hall–Kier alpha value is -2.40. The third-order valence-electron chi connectivity index (χ3n) is 3.27. The van der Waals surface area contributed by atoms with Crippen LogP contribution in [0.2, 0.25) is 0 Å². The van der Waals surface area contributed by atoms with Gasteiger partial charge in [0, 0.05) is 17.8 Å². The molecule has 3 N–H and O–H groups in total. The van der Waals surface area contributed by atoms with Crippen molar-refractivity contribution in [3.8, 4) is 5.75 Å². The van der Waals surface area contributed by atoms with Gasteiger partial charge >= 0.3 is 0 Å². The fraction of sp³-hybridized carbons (Fsp3) is 0.188. The number of aromatic hydroxyl groups is 1. The number of amides is 1. The van der Waals surface area contributed by atoms with Crippen LogP contribution >= 0.6 is 0 Å². The van der Waals surface area contributed by atoms with Gasteiger partial charge in [-0.25, -0.2) is 4.39 Å². The van der Waals surface area contributed by atoms with E-state index in [0.29, 0.717) is 5.69 Å². The number of phenols is 1. The van der Waals surface area contributed by atoms with E-state index in [2.05, 4.69) is 10.6 Å². The zero-order valence-electron chi connectivity index (χ0n) is 11.9. The van der Waals surface area contributed by atoms with E-state index in [1.807, 2.05) is 32.2 Å². The molecule has 0 aliphatic heterocycles. The van der Waals surface area contributed by atoms with Crippen LogP contribution in [0.3, 0.4) is 0 Å². The number of nitrogens with one attached hydrogen (secondary N) is 2. The number of halogens is 1. The number of anilines is 1. The molecule has 5 heteroatoms. The fourth-order valence-corrected chi connectivity index (χ4v) is 1.94. The number of hydrogen-bond acceptors (Lipinski definition) is 3. The Balaban J connectivity index is 2.19. The van der Waals surface area contributed by atoms with Crippen molar-refractivity contribution >= 4 is 11.6 Å². The van der Waals surface area contributed by atoms with Gasteiger partial charge in [0.15, 0.2) is 0 Å². The Labute approximate surface area is 122 Å². The summed E-state index contributed by atoms with van der Waals surface area (Å²) in [6.45, 7) is 2.00. The van der Waals surface area contributed by atoms with E-state index in [9.17, 15) is 9.18 Å². The van der Waals surface area contributed by atoms with Crippen LogP contribution in [0.1, 0.15) is 28.9 Å². The molecule has 4 nitrogen and oxygen atoms in total. The molecule has 2 aromatic rings. The maximum absolute atomic E-state index is 13.6. The van der Waals surface area contributed by atoms with Gasteiger partial charge in [0.2, 0.25) is 0 Å². The number of hydrogen-bond donors (Lipinski definition) is 3. The molecule has 0 heterocycles. The first-order chi connectivity index (χ1) is 10.0. The fourth-order valence-electron chi connectivity index (χ4n) is 1.94. The third kappa shape index (κ3) is 3.58. The zero-order chi connectivity index (χ0) is 15.4. The van der Waals surface area contributed by atoms with E-state index in [1.165, 1.54) is 12.1 Å². The van der Waals surface area contributed by atoms with Crippen molar-refractivity contribution in [1.82, 2.24) is 5.32 Å². The maximum atomic E-state index is 13.6. The molecule has 0 fully saturated rings. The summed E-state index contributed by atoms with van der Waals surface area (Å²) in [6.07, 6.45) is 0. The van der Waals surface area contributed by atoms with Gasteiger partial charge in [-0.2, -0.15) is 0 Å². The van der Waals surface area contributed by atoms with Crippen molar-refractivity contribution in [1.29, 1.82) is 0 Å². The summed E-state index contributed by atoms with van der Waals surface area (Å²) < 4.78 is 13.6. The molecule has 0 aromatic heterocycles. The van der Waals surface area contributed by atoms with Crippen molar-refractivity contribution in [2.75, 3.05) is 12.4 Å². The Morgan fingerprint density at radius 2 is 2.00 bits per heavy atom. The lowest BCUT2D eigenvalue weighted by Gasteiger charge is -2.13. The van der Waals surface area contributed by atoms with Gasteiger partial charge in [0.05, 0.1) is 5.56 Å². The van der Waals surface area contributed by atoms with Gasteiger partial charge in [0.1, 0.15) is 11.6 Å². The van der Waals surface area contributed by atoms with E-state index in [-0.39, 0.29) is 17.4 Å². The summed E-state index contributed by atoms with van der Waals surface area (Å²) in [5, 5.41) is 14.9. The number of rotatable bonds is 4. The Kier molecular flexibility index (Phi) is 4.55. The number of benzene rings is 2. The monoisotopic (exact) mass is 288 g/mol. The molecule has 2 rings (SSSR count). The highest BCUT2D eigenvalue weighted by molar-refractivity contribution is 6.04. The highest BCUT2D eigenvalue weighted by atomic mass is 19.1. The lowest BCUT2D eigenvalue weighted by molar-refractivity contribution is 0.102. The first-order valence-electron chi connectivity index (χ1n) is 6.58. The van der Waals surface area contributed by atoms with E-state index in [4.69, 9.17) is 5.11 Å². The number of carbonyl (C=O) groups excluding carboxylic acids is 1. The third-order valence-corrected chi connectivity index (χ3v) is 3.27. The predicted octanol–water partition coefficient (Wildman–Crippen LogP) is 3.06. The van der Waals surface area contributed by atoms with Gasteiger partial charge in [0.25, 0.3) is 5.91 Å². The molecule has 0 spiro atoms. The summed E-state index contributed by atoms with van der Waals surface area (Å²) in [6, 6.07) is 10.9. The summed E-state index contributed by atoms with van der Waals surface area (Å²) >= 11 is 0. The van der Waals surface area contributed by atoms with Crippen LogP contribution in [-0.4, -0.2) is 18.1 Å². The van der Waals surface area contributed by atoms with Crippen molar-refractivity contribution in [2.24, 2.45) is 0 Å². The molecule has 0 radical (unpaired) electrons. The van der Waals surface area contributed by atoms with Crippen molar-refractivity contribution < 1.29 is 14.3 Å². The topological polar surface area (TPSA) is 61.4 Å². The Bertz CT molecular complexity index is 658. The molecule has 1 amide bonds. The normalized spacial score (nSPS) is 12.0. The van der Waals surface area contributed by atoms with Gasteiger partial charge in [-0.15, -0.1) is 0 Å². The summed E-state index contributed by atoms with van der Waals surface area (Å²) in [4.78, 5) is 12.0.